The molecule has 1 fully saturated rings. The van der Waals surface area contributed by atoms with Crippen LogP contribution in [-0.4, -0.2) is 39.4 Å². The number of aliphatic hydroxyl groups is 1. The van der Waals surface area contributed by atoms with Crippen molar-refractivity contribution in [3.63, 3.8) is 0 Å². The van der Waals surface area contributed by atoms with Crippen LogP contribution in [0.5, 0.6) is 0 Å². The van der Waals surface area contributed by atoms with Gasteiger partial charge in [-0.3, -0.25) is 0 Å². The van der Waals surface area contributed by atoms with Crippen LogP contribution in [0.15, 0.2) is 29.2 Å². The molecule has 114 valence electrons. The predicted octanol–water partition coefficient (Wildman–Crippen LogP) is 0.878. The Morgan fingerprint density at radius 2 is 2.29 bits per heavy atom. The lowest BCUT2D eigenvalue weighted by Crippen LogP contribution is -2.40. The van der Waals surface area contributed by atoms with Crippen LogP contribution in [0, 0.1) is 11.8 Å². The number of hydrogen-bond acceptors (Lipinski definition) is 4. The summed E-state index contributed by atoms with van der Waals surface area (Å²) >= 11 is 0. The number of benzene rings is 1. The molecule has 2 rings (SSSR count). The molecule has 1 saturated heterocycles. The first kappa shape index (κ1) is 16.0. The van der Waals surface area contributed by atoms with Crippen molar-refractivity contribution in [2.75, 3.05) is 19.8 Å². The van der Waals surface area contributed by atoms with Crippen LogP contribution in [0.2, 0.25) is 0 Å². The van der Waals surface area contributed by atoms with Gasteiger partial charge >= 0.3 is 0 Å². The first-order valence-electron chi connectivity index (χ1n) is 6.92. The van der Waals surface area contributed by atoms with Gasteiger partial charge in [0.05, 0.1) is 18.1 Å². The van der Waals surface area contributed by atoms with Crippen molar-refractivity contribution < 1.29 is 18.3 Å². The van der Waals surface area contributed by atoms with E-state index in [1.165, 1.54) is 6.07 Å². The maximum absolute atomic E-state index is 12.3. The van der Waals surface area contributed by atoms with Crippen LogP contribution in [-0.2, 0) is 14.8 Å². The average Bonchev–Trinajstić information content (AvgIpc) is 2.48. The Hall–Kier alpha value is -1.39. The van der Waals surface area contributed by atoms with Crippen molar-refractivity contribution in [3.05, 3.63) is 29.8 Å². The van der Waals surface area contributed by atoms with Crippen molar-refractivity contribution in [3.8, 4) is 11.8 Å². The third-order valence-electron chi connectivity index (χ3n) is 3.10. The summed E-state index contributed by atoms with van der Waals surface area (Å²) in [4.78, 5) is 0.198. The molecule has 1 aromatic rings. The van der Waals surface area contributed by atoms with Crippen LogP contribution in [0.4, 0.5) is 0 Å². The Bertz CT molecular complexity index is 625. The lowest BCUT2D eigenvalue weighted by Gasteiger charge is -2.22. The molecular weight excluding hydrogens is 290 g/mol. The van der Waals surface area contributed by atoms with Gasteiger partial charge in [-0.1, -0.05) is 17.9 Å². The van der Waals surface area contributed by atoms with Crippen LogP contribution in [0.1, 0.15) is 24.8 Å². The summed E-state index contributed by atoms with van der Waals surface area (Å²) in [5, 5.41) is 8.69. The van der Waals surface area contributed by atoms with Gasteiger partial charge in [0.1, 0.15) is 0 Å². The molecule has 6 heteroatoms. The molecule has 0 bridgehead atoms. The standard InChI is InChI=1S/C15H19NO4S/c17-9-2-1-5-13-6-3-8-15(11-13)21(18,19)16-14-7-4-10-20-12-14/h3,6,8,11,14,16-17H,2,4,7,9-10,12H2. The highest BCUT2D eigenvalue weighted by atomic mass is 32.2. The SMILES string of the molecule is O=S(=O)(NC1CCCOC1)c1cccc(C#CCCO)c1. The molecule has 5 nitrogen and oxygen atoms in total. The molecule has 21 heavy (non-hydrogen) atoms. The third kappa shape index (κ3) is 4.83. The minimum absolute atomic E-state index is 0.00573. The number of aliphatic hydroxyl groups excluding tert-OH is 1. The maximum Gasteiger partial charge on any atom is 0.240 e. The molecule has 0 amide bonds. The van der Waals surface area contributed by atoms with E-state index in [0.717, 1.165) is 12.8 Å². The number of nitrogens with one attached hydrogen (secondary N) is 1. The van der Waals surface area contributed by atoms with E-state index < -0.39 is 10.0 Å². The molecule has 1 atom stereocenters. The van der Waals surface area contributed by atoms with E-state index in [9.17, 15) is 8.42 Å². The summed E-state index contributed by atoms with van der Waals surface area (Å²) in [5.74, 6) is 5.61. The average molecular weight is 309 g/mol. The van der Waals surface area contributed by atoms with Gasteiger partial charge < -0.3 is 9.84 Å². The third-order valence-corrected chi connectivity index (χ3v) is 4.61. The van der Waals surface area contributed by atoms with Crippen molar-refractivity contribution in [2.24, 2.45) is 0 Å². The number of hydrogen-bond donors (Lipinski definition) is 2. The van der Waals surface area contributed by atoms with Gasteiger partial charge in [-0.15, -0.1) is 0 Å². The van der Waals surface area contributed by atoms with Crippen LogP contribution in [0.3, 0.4) is 0 Å². The molecule has 0 spiro atoms. The number of sulfonamides is 1. The van der Waals surface area contributed by atoms with E-state index in [4.69, 9.17) is 9.84 Å². The van der Waals surface area contributed by atoms with Gasteiger partial charge in [0.2, 0.25) is 10.0 Å². The van der Waals surface area contributed by atoms with Crippen molar-refractivity contribution in [1.82, 2.24) is 4.72 Å². The molecule has 2 N–H and O–H groups in total. The highest BCUT2D eigenvalue weighted by molar-refractivity contribution is 7.89. The second kappa shape index (κ2) is 7.57. The zero-order valence-electron chi connectivity index (χ0n) is 11.7. The van der Waals surface area contributed by atoms with Crippen molar-refractivity contribution >= 4 is 10.0 Å². The normalized spacial score (nSPS) is 18.8. The van der Waals surface area contributed by atoms with E-state index >= 15 is 0 Å². The Labute approximate surface area is 125 Å². The van der Waals surface area contributed by atoms with Gasteiger partial charge in [0.25, 0.3) is 0 Å². The largest absolute Gasteiger partial charge is 0.395 e. The van der Waals surface area contributed by atoms with Gasteiger partial charge in [-0.2, -0.15) is 0 Å². The fourth-order valence-corrected chi connectivity index (χ4v) is 3.38. The summed E-state index contributed by atoms with van der Waals surface area (Å²) in [5.41, 5.74) is 0.617. The molecule has 0 radical (unpaired) electrons. The lowest BCUT2D eigenvalue weighted by atomic mass is 10.1. The highest BCUT2D eigenvalue weighted by Crippen LogP contribution is 2.14. The Morgan fingerprint density at radius 1 is 1.43 bits per heavy atom. The minimum atomic E-state index is -3.56. The second-order valence-electron chi connectivity index (χ2n) is 4.84. The van der Waals surface area contributed by atoms with Crippen LogP contribution >= 0.6 is 0 Å². The summed E-state index contributed by atoms with van der Waals surface area (Å²) in [7, 11) is -3.56. The lowest BCUT2D eigenvalue weighted by molar-refractivity contribution is 0.0774. The monoisotopic (exact) mass is 309 g/mol. The molecule has 0 aliphatic carbocycles. The summed E-state index contributed by atoms with van der Waals surface area (Å²) in [6.45, 7) is 1.09. The van der Waals surface area contributed by atoms with E-state index in [-0.39, 0.29) is 17.5 Å². The molecule has 0 saturated carbocycles. The van der Waals surface area contributed by atoms with Gasteiger partial charge in [0.15, 0.2) is 0 Å². The fraction of sp³-hybridized carbons (Fsp3) is 0.467. The molecule has 0 aromatic heterocycles. The first-order valence-corrected chi connectivity index (χ1v) is 8.40. The number of rotatable bonds is 4. The molecule has 1 aromatic carbocycles. The second-order valence-corrected chi connectivity index (χ2v) is 6.55. The van der Waals surface area contributed by atoms with E-state index in [2.05, 4.69) is 16.6 Å². The quantitative estimate of drug-likeness (QED) is 0.810. The summed E-state index contributed by atoms with van der Waals surface area (Å²) in [6, 6.07) is 6.31. The van der Waals surface area contributed by atoms with E-state index in [1.807, 2.05) is 0 Å². The predicted molar refractivity (Wildman–Crippen MR) is 79.2 cm³/mol. The van der Waals surface area contributed by atoms with Gasteiger partial charge in [-0.25, -0.2) is 13.1 Å². The molecular formula is C15H19NO4S. The highest BCUT2D eigenvalue weighted by Gasteiger charge is 2.22. The topological polar surface area (TPSA) is 75.6 Å². The molecule has 1 heterocycles. The van der Waals surface area contributed by atoms with Crippen molar-refractivity contribution in [1.29, 1.82) is 0 Å². The summed E-state index contributed by atoms with van der Waals surface area (Å²) < 4.78 is 32.6. The zero-order chi connectivity index (χ0) is 15.1. The van der Waals surface area contributed by atoms with Gasteiger partial charge in [-0.05, 0) is 31.0 Å². The Balaban J connectivity index is 2.12. The maximum atomic E-state index is 12.3. The Morgan fingerprint density at radius 3 is 3.00 bits per heavy atom. The molecule has 1 unspecified atom stereocenters. The summed E-state index contributed by atoms with van der Waals surface area (Å²) in [6.07, 6.45) is 2.02. The van der Waals surface area contributed by atoms with Crippen molar-refractivity contribution in [2.45, 2.75) is 30.2 Å². The molecule has 1 aliphatic heterocycles. The van der Waals surface area contributed by atoms with Crippen LogP contribution in [0.25, 0.3) is 0 Å². The number of ether oxygens (including phenoxy) is 1. The minimum Gasteiger partial charge on any atom is -0.395 e. The van der Waals surface area contributed by atoms with E-state index in [1.54, 1.807) is 18.2 Å². The smallest absolute Gasteiger partial charge is 0.240 e. The van der Waals surface area contributed by atoms with Crippen LogP contribution < -0.4 is 4.72 Å². The van der Waals surface area contributed by atoms with Gasteiger partial charge in [0, 0.05) is 24.6 Å². The van der Waals surface area contributed by atoms with E-state index in [0.29, 0.717) is 25.2 Å². The Kier molecular flexibility index (Phi) is 5.76. The fourth-order valence-electron chi connectivity index (χ4n) is 2.08. The zero-order valence-corrected chi connectivity index (χ0v) is 12.5. The molecule has 1 aliphatic rings. The first-order chi connectivity index (χ1) is 10.1.